The van der Waals surface area contributed by atoms with Gasteiger partial charge in [0.1, 0.15) is 5.82 Å². The first-order valence-corrected chi connectivity index (χ1v) is 9.58. The molecule has 1 aliphatic heterocycles. The fraction of sp³-hybridized carbons (Fsp3) is 0.350. The second kappa shape index (κ2) is 9.64. The molecule has 1 heterocycles. The monoisotopic (exact) mass is 473 g/mol. The Bertz CT molecular complexity index is 699. The lowest BCUT2D eigenvalue weighted by Gasteiger charge is -2.28. The summed E-state index contributed by atoms with van der Waals surface area (Å²) in [6, 6.07) is 14.5. The smallest absolute Gasteiger partial charge is 0.166 e. The third-order valence-electron chi connectivity index (χ3n) is 4.90. The first-order chi connectivity index (χ1) is 11.6. The largest absolute Gasteiger partial charge is 1.00 e. The van der Waals surface area contributed by atoms with E-state index in [1.54, 1.807) is 17.0 Å². The van der Waals surface area contributed by atoms with Crippen molar-refractivity contribution in [1.29, 1.82) is 0 Å². The van der Waals surface area contributed by atoms with Crippen LogP contribution in [0.1, 0.15) is 28.8 Å². The highest BCUT2D eigenvalue weighted by Crippen LogP contribution is 2.17. The molecule has 25 heavy (non-hydrogen) atoms. The minimum Gasteiger partial charge on any atom is -1.00 e. The Hall–Kier alpha value is -0.980. The molecule has 0 unspecified atom stereocenters. The molecule has 1 aliphatic rings. The summed E-state index contributed by atoms with van der Waals surface area (Å²) in [5.74, 6) is -0.0240. The minimum atomic E-state index is -0.290. The van der Waals surface area contributed by atoms with Crippen LogP contribution in [0.25, 0.3) is 0 Å². The molecule has 134 valence electrons. The molecule has 0 bridgehead atoms. The van der Waals surface area contributed by atoms with Crippen LogP contribution in [-0.2, 0) is 6.42 Å². The van der Waals surface area contributed by atoms with Gasteiger partial charge in [-0.15, -0.1) is 0 Å². The normalized spacial score (nSPS) is 19.9. The third-order valence-corrected chi connectivity index (χ3v) is 5.95. The molecule has 0 spiro atoms. The van der Waals surface area contributed by atoms with Crippen molar-refractivity contribution in [2.75, 3.05) is 19.6 Å². The summed E-state index contributed by atoms with van der Waals surface area (Å²) >= 11 is 2.39. The van der Waals surface area contributed by atoms with Gasteiger partial charge in [-0.3, -0.25) is 4.79 Å². The number of halogens is 3. The van der Waals surface area contributed by atoms with Gasteiger partial charge in [-0.05, 0) is 58.5 Å². The van der Waals surface area contributed by atoms with E-state index in [1.807, 2.05) is 0 Å². The van der Waals surface area contributed by atoms with Crippen molar-refractivity contribution in [2.24, 2.45) is 5.92 Å². The molecule has 2 aromatic rings. The molecule has 2 nitrogen and oxygen atoms in total. The van der Waals surface area contributed by atoms with Crippen LogP contribution < -0.4 is 17.3 Å². The van der Waals surface area contributed by atoms with Crippen LogP contribution >= 0.6 is 22.6 Å². The Morgan fingerprint density at radius 1 is 1.08 bits per heavy atom. The Labute approximate surface area is 168 Å². The predicted octanol–water partition coefficient (Wildman–Crippen LogP) is 0.155. The van der Waals surface area contributed by atoms with Crippen molar-refractivity contribution < 1.29 is 26.5 Å². The van der Waals surface area contributed by atoms with Crippen LogP contribution in [0, 0.1) is 15.3 Å². The lowest BCUT2D eigenvalue weighted by atomic mass is 9.89. The van der Waals surface area contributed by atoms with Crippen molar-refractivity contribution in [3.63, 3.8) is 0 Å². The predicted molar refractivity (Wildman–Crippen MR) is 102 cm³/mol. The van der Waals surface area contributed by atoms with Gasteiger partial charge in [0, 0.05) is 34.3 Å². The molecule has 2 aromatic carbocycles. The number of quaternary nitrogens is 1. The number of carbonyl (C=O) groups is 1. The number of piperidine rings is 1. The fourth-order valence-electron chi connectivity index (χ4n) is 3.40. The molecule has 1 fully saturated rings. The first-order valence-electron chi connectivity index (χ1n) is 8.50. The summed E-state index contributed by atoms with van der Waals surface area (Å²) in [7, 11) is 0. The van der Waals surface area contributed by atoms with E-state index in [9.17, 15) is 9.18 Å². The van der Waals surface area contributed by atoms with Gasteiger partial charge in [-0.2, -0.15) is 0 Å². The summed E-state index contributed by atoms with van der Waals surface area (Å²) in [6.45, 7) is 3.21. The first kappa shape index (κ1) is 20.3. The summed E-state index contributed by atoms with van der Waals surface area (Å²) in [5.41, 5.74) is 2.05. The van der Waals surface area contributed by atoms with Crippen molar-refractivity contribution in [2.45, 2.75) is 19.3 Å². The van der Waals surface area contributed by atoms with Gasteiger partial charge in [0.2, 0.25) is 0 Å². The number of hydrogen-bond acceptors (Lipinski definition) is 1. The Morgan fingerprint density at radius 2 is 1.72 bits per heavy atom. The number of rotatable bonds is 5. The van der Waals surface area contributed by atoms with Crippen LogP contribution in [0.5, 0.6) is 0 Å². The standard InChI is InChI=1S/C20H21FINO.ClH/c21-18-7-5-16(6-8-18)20(24)17-10-13-23(14-11-17)12-9-15-3-1-2-4-19(15)22;/h1-8,17H,9-14H2;1H. The fourth-order valence-corrected chi connectivity index (χ4v) is 4.06. The van der Waals surface area contributed by atoms with Crippen LogP contribution in [0.2, 0.25) is 0 Å². The van der Waals surface area contributed by atoms with Gasteiger partial charge < -0.3 is 17.3 Å². The topological polar surface area (TPSA) is 21.5 Å². The molecule has 0 amide bonds. The van der Waals surface area contributed by atoms with Crippen LogP contribution in [0.15, 0.2) is 48.5 Å². The summed E-state index contributed by atoms with van der Waals surface area (Å²) in [4.78, 5) is 14.1. The lowest BCUT2D eigenvalue weighted by Crippen LogP contribution is -3.13. The minimum absolute atomic E-state index is 0. The number of carbonyl (C=O) groups excluding carboxylic acids is 1. The number of Topliss-reactive ketones (excluding diaryl/α,β-unsaturated/α-hetero) is 1. The number of ketones is 1. The zero-order valence-electron chi connectivity index (χ0n) is 14.0. The van der Waals surface area contributed by atoms with E-state index in [0.717, 1.165) is 38.9 Å². The maximum absolute atomic E-state index is 13.0. The molecule has 3 rings (SSSR count). The van der Waals surface area contributed by atoms with E-state index in [1.165, 1.54) is 21.3 Å². The molecule has 0 radical (unpaired) electrons. The molecule has 5 heteroatoms. The highest BCUT2D eigenvalue weighted by molar-refractivity contribution is 14.1. The van der Waals surface area contributed by atoms with Gasteiger partial charge >= 0.3 is 0 Å². The van der Waals surface area contributed by atoms with E-state index in [-0.39, 0.29) is 29.9 Å². The van der Waals surface area contributed by atoms with E-state index < -0.39 is 0 Å². The Balaban J connectivity index is 0.00000225. The van der Waals surface area contributed by atoms with Crippen molar-refractivity contribution in [1.82, 2.24) is 0 Å². The van der Waals surface area contributed by atoms with Crippen molar-refractivity contribution >= 4 is 28.4 Å². The molecular weight excluding hydrogens is 452 g/mol. The average Bonchev–Trinajstić information content (AvgIpc) is 2.62. The number of likely N-dealkylation sites (tertiary alicyclic amines) is 1. The molecular formula is C20H22ClFINO. The van der Waals surface area contributed by atoms with Crippen LogP contribution in [0.4, 0.5) is 4.39 Å². The van der Waals surface area contributed by atoms with Gasteiger partial charge in [0.15, 0.2) is 5.78 Å². The van der Waals surface area contributed by atoms with Gasteiger partial charge in [-0.1, -0.05) is 18.2 Å². The highest BCUT2D eigenvalue weighted by Gasteiger charge is 2.27. The Morgan fingerprint density at radius 3 is 2.36 bits per heavy atom. The van der Waals surface area contributed by atoms with Crippen LogP contribution in [0.3, 0.4) is 0 Å². The zero-order chi connectivity index (χ0) is 16.9. The lowest BCUT2D eigenvalue weighted by molar-refractivity contribution is -0.905. The van der Waals surface area contributed by atoms with E-state index >= 15 is 0 Å². The van der Waals surface area contributed by atoms with E-state index in [2.05, 4.69) is 46.9 Å². The average molecular weight is 474 g/mol. The van der Waals surface area contributed by atoms with Crippen molar-refractivity contribution in [3.8, 4) is 0 Å². The number of nitrogens with one attached hydrogen (secondary N) is 1. The van der Waals surface area contributed by atoms with Crippen molar-refractivity contribution in [3.05, 3.63) is 69.0 Å². The van der Waals surface area contributed by atoms with Gasteiger partial charge in [0.25, 0.3) is 0 Å². The maximum Gasteiger partial charge on any atom is 0.166 e. The quantitative estimate of drug-likeness (QED) is 0.485. The van der Waals surface area contributed by atoms with E-state index in [4.69, 9.17) is 0 Å². The highest BCUT2D eigenvalue weighted by atomic mass is 127. The second-order valence-corrected chi connectivity index (χ2v) is 7.65. The summed E-state index contributed by atoms with van der Waals surface area (Å²) < 4.78 is 14.3. The second-order valence-electron chi connectivity index (χ2n) is 6.49. The zero-order valence-corrected chi connectivity index (χ0v) is 16.9. The van der Waals surface area contributed by atoms with Gasteiger partial charge in [0.05, 0.1) is 19.6 Å². The number of hydrogen-bond donors (Lipinski definition) is 1. The molecule has 1 N–H and O–H groups in total. The Kier molecular flexibility index (Phi) is 7.84. The number of benzene rings is 2. The maximum atomic E-state index is 13.0. The van der Waals surface area contributed by atoms with E-state index in [0.29, 0.717) is 5.56 Å². The molecule has 0 aliphatic carbocycles. The molecule has 0 saturated carbocycles. The van der Waals surface area contributed by atoms with Crippen LogP contribution in [-0.4, -0.2) is 25.4 Å². The summed E-state index contributed by atoms with van der Waals surface area (Å²) in [5, 5.41) is 0. The SMILES string of the molecule is O=C(c1ccc(F)cc1)C1CC[NH+](CCc2ccccc2I)CC1.[Cl-]. The molecule has 0 atom stereocenters. The molecule has 1 saturated heterocycles. The van der Waals surface area contributed by atoms with Gasteiger partial charge in [-0.25, -0.2) is 4.39 Å². The summed E-state index contributed by atoms with van der Waals surface area (Å²) in [6.07, 6.45) is 2.94. The molecule has 0 aromatic heterocycles. The third kappa shape index (κ3) is 5.50.